The zero-order chi connectivity index (χ0) is 16.2. The minimum absolute atomic E-state index is 1.15. The lowest BCUT2D eigenvalue weighted by atomic mass is 10.1. The van der Waals surface area contributed by atoms with Crippen LogP contribution in [0.5, 0.6) is 0 Å². The molecule has 0 unspecified atom stereocenters. The fourth-order valence-electron chi connectivity index (χ4n) is 2.85. The van der Waals surface area contributed by atoms with Gasteiger partial charge in [-0.3, -0.25) is 0 Å². The number of hydrogen-bond donors (Lipinski definition) is 0. The molecule has 0 bridgehead atoms. The first-order valence-corrected chi connectivity index (χ1v) is 8.05. The van der Waals surface area contributed by atoms with Crippen LogP contribution in [0.2, 0.25) is 0 Å². The van der Waals surface area contributed by atoms with Crippen molar-refractivity contribution in [3.63, 3.8) is 0 Å². The van der Waals surface area contributed by atoms with Gasteiger partial charge in [-0.15, -0.1) is 0 Å². The molecule has 0 N–H and O–H groups in total. The van der Waals surface area contributed by atoms with Gasteiger partial charge in [-0.05, 0) is 29.8 Å². The van der Waals surface area contributed by atoms with Crippen LogP contribution in [0.3, 0.4) is 0 Å². The van der Waals surface area contributed by atoms with Gasteiger partial charge in [0, 0.05) is 30.0 Å². The van der Waals surface area contributed by atoms with Crippen molar-refractivity contribution in [3.8, 4) is 0 Å². The van der Waals surface area contributed by atoms with E-state index in [4.69, 9.17) is 0 Å². The van der Waals surface area contributed by atoms with Crippen molar-refractivity contribution in [2.45, 2.75) is 0 Å². The van der Waals surface area contributed by atoms with Gasteiger partial charge in [0.25, 0.3) is 0 Å². The van der Waals surface area contributed by atoms with E-state index in [1.807, 2.05) is 18.2 Å². The number of anilines is 2. The molecule has 1 aliphatic heterocycles. The number of rotatable bonds is 3. The lowest BCUT2D eigenvalue weighted by Crippen LogP contribution is -2.23. The Kier molecular flexibility index (Phi) is 3.86. The van der Waals surface area contributed by atoms with Crippen LogP contribution in [0.4, 0.5) is 11.4 Å². The van der Waals surface area contributed by atoms with E-state index in [-0.39, 0.29) is 0 Å². The molecule has 116 valence electrons. The predicted molar refractivity (Wildman–Crippen MR) is 101 cm³/mol. The van der Waals surface area contributed by atoms with E-state index in [2.05, 4.69) is 101 Å². The van der Waals surface area contributed by atoms with Gasteiger partial charge in [-0.1, -0.05) is 66.7 Å². The molecule has 0 fully saturated rings. The highest BCUT2D eigenvalue weighted by molar-refractivity contribution is 5.84. The molecule has 1 aliphatic rings. The lowest BCUT2D eigenvalue weighted by molar-refractivity contribution is 1.16. The summed E-state index contributed by atoms with van der Waals surface area (Å²) < 4.78 is 0. The van der Waals surface area contributed by atoms with E-state index < -0.39 is 0 Å². The SMILES string of the molecule is C1=CN(c2ccccc2)C(c2ccccc2)=CN1c1ccccc1. The summed E-state index contributed by atoms with van der Waals surface area (Å²) in [5, 5.41) is 0. The van der Waals surface area contributed by atoms with Gasteiger partial charge in [0.05, 0.1) is 5.70 Å². The first-order chi connectivity index (χ1) is 11.9. The molecule has 0 radical (unpaired) electrons. The normalized spacial score (nSPS) is 13.8. The summed E-state index contributed by atoms with van der Waals surface area (Å²) in [4.78, 5) is 4.37. The van der Waals surface area contributed by atoms with Crippen LogP contribution in [-0.4, -0.2) is 0 Å². The maximum atomic E-state index is 2.22. The molecule has 3 aromatic rings. The lowest BCUT2D eigenvalue weighted by Gasteiger charge is -2.31. The largest absolute Gasteiger partial charge is 0.320 e. The van der Waals surface area contributed by atoms with Crippen LogP contribution >= 0.6 is 0 Å². The third kappa shape index (κ3) is 2.82. The molecule has 2 heteroatoms. The summed E-state index contributed by atoms with van der Waals surface area (Å²) in [6, 6.07) is 31.3. The molecule has 1 heterocycles. The van der Waals surface area contributed by atoms with Crippen molar-refractivity contribution in [2.75, 3.05) is 9.80 Å². The summed E-state index contributed by atoms with van der Waals surface area (Å²) in [6.07, 6.45) is 6.39. The van der Waals surface area contributed by atoms with E-state index in [1.54, 1.807) is 0 Å². The molecule has 0 atom stereocenters. The fourth-order valence-corrected chi connectivity index (χ4v) is 2.85. The van der Waals surface area contributed by atoms with Crippen molar-refractivity contribution in [2.24, 2.45) is 0 Å². The second-order valence-electron chi connectivity index (χ2n) is 5.63. The van der Waals surface area contributed by atoms with Crippen molar-refractivity contribution in [1.82, 2.24) is 0 Å². The van der Waals surface area contributed by atoms with Crippen molar-refractivity contribution in [1.29, 1.82) is 0 Å². The Bertz CT molecular complexity index is 852. The minimum Gasteiger partial charge on any atom is -0.320 e. The number of benzene rings is 3. The topological polar surface area (TPSA) is 6.48 Å². The Morgan fingerprint density at radius 2 is 1.04 bits per heavy atom. The molecule has 0 aliphatic carbocycles. The maximum Gasteiger partial charge on any atom is 0.0695 e. The molecule has 0 saturated heterocycles. The average molecular weight is 310 g/mol. The Balaban J connectivity index is 1.78. The van der Waals surface area contributed by atoms with E-state index >= 15 is 0 Å². The zero-order valence-corrected chi connectivity index (χ0v) is 13.3. The summed E-state index contributed by atoms with van der Waals surface area (Å²) >= 11 is 0. The first kappa shape index (κ1) is 14.3. The van der Waals surface area contributed by atoms with Crippen LogP contribution in [0, 0.1) is 0 Å². The Morgan fingerprint density at radius 3 is 1.67 bits per heavy atom. The number of hydrogen-bond acceptors (Lipinski definition) is 2. The summed E-state index contributed by atoms with van der Waals surface area (Å²) in [6.45, 7) is 0. The van der Waals surface area contributed by atoms with Gasteiger partial charge >= 0.3 is 0 Å². The third-order valence-electron chi connectivity index (χ3n) is 4.06. The number of para-hydroxylation sites is 2. The molecule has 4 rings (SSSR count). The van der Waals surface area contributed by atoms with Crippen molar-refractivity contribution >= 4 is 17.1 Å². The summed E-state index contributed by atoms with van der Waals surface area (Å²) in [7, 11) is 0. The molecule has 0 saturated carbocycles. The van der Waals surface area contributed by atoms with Gasteiger partial charge in [0.2, 0.25) is 0 Å². The second kappa shape index (κ2) is 6.47. The zero-order valence-electron chi connectivity index (χ0n) is 13.3. The molecular formula is C22H18N2. The molecule has 0 aromatic heterocycles. The predicted octanol–water partition coefficient (Wildman–Crippen LogP) is 5.48. The molecule has 24 heavy (non-hydrogen) atoms. The maximum absolute atomic E-state index is 2.22. The van der Waals surface area contributed by atoms with E-state index in [0.717, 1.165) is 17.1 Å². The highest BCUT2D eigenvalue weighted by Gasteiger charge is 2.17. The van der Waals surface area contributed by atoms with Gasteiger partial charge in [0.1, 0.15) is 0 Å². The molecule has 3 aromatic carbocycles. The average Bonchev–Trinajstić information content (AvgIpc) is 2.69. The van der Waals surface area contributed by atoms with Crippen LogP contribution in [0.1, 0.15) is 5.56 Å². The molecule has 0 amide bonds. The van der Waals surface area contributed by atoms with Crippen LogP contribution in [0.25, 0.3) is 5.70 Å². The highest BCUT2D eigenvalue weighted by atomic mass is 15.2. The fraction of sp³-hybridized carbons (Fsp3) is 0. The standard InChI is InChI=1S/C22H18N2/c1-4-10-19(11-5-1)22-18-23(20-12-6-2-7-13-20)16-17-24(22)21-14-8-3-9-15-21/h1-18H. The van der Waals surface area contributed by atoms with Gasteiger partial charge in [-0.2, -0.15) is 0 Å². The van der Waals surface area contributed by atoms with E-state index in [0.29, 0.717) is 0 Å². The summed E-state index contributed by atoms with van der Waals surface area (Å²) in [5.74, 6) is 0. The van der Waals surface area contributed by atoms with E-state index in [1.165, 1.54) is 5.56 Å². The monoisotopic (exact) mass is 310 g/mol. The van der Waals surface area contributed by atoms with Crippen LogP contribution in [0.15, 0.2) is 110 Å². The second-order valence-corrected chi connectivity index (χ2v) is 5.63. The smallest absolute Gasteiger partial charge is 0.0695 e. The molecule has 2 nitrogen and oxygen atoms in total. The van der Waals surface area contributed by atoms with Gasteiger partial charge < -0.3 is 9.80 Å². The first-order valence-electron chi connectivity index (χ1n) is 8.05. The highest BCUT2D eigenvalue weighted by Crippen LogP contribution is 2.31. The van der Waals surface area contributed by atoms with Gasteiger partial charge in [0.15, 0.2) is 0 Å². The number of nitrogens with zero attached hydrogens (tertiary/aromatic N) is 2. The van der Waals surface area contributed by atoms with Gasteiger partial charge in [-0.25, -0.2) is 0 Å². The molecular weight excluding hydrogens is 292 g/mol. The van der Waals surface area contributed by atoms with E-state index in [9.17, 15) is 0 Å². The van der Waals surface area contributed by atoms with Crippen LogP contribution < -0.4 is 9.80 Å². The Hall–Kier alpha value is -3.26. The minimum atomic E-state index is 1.15. The van der Waals surface area contributed by atoms with Crippen LogP contribution in [-0.2, 0) is 0 Å². The van der Waals surface area contributed by atoms with Crippen molar-refractivity contribution in [3.05, 3.63) is 115 Å². The van der Waals surface area contributed by atoms with Crippen molar-refractivity contribution < 1.29 is 0 Å². The summed E-state index contributed by atoms with van der Waals surface area (Å²) in [5.41, 5.74) is 4.63. The Morgan fingerprint density at radius 1 is 0.500 bits per heavy atom. The Labute approximate surface area is 142 Å². The third-order valence-corrected chi connectivity index (χ3v) is 4.06. The molecule has 0 spiro atoms. The quantitative estimate of drug-likeness (QED) is 0.632.